The fourth-order valence-corrected chi connectivity index (χ4v) is 4.25. The van der Waals surface area contributed by atoms with Crippen LogP contribution < -0.4 is 0 Å². The molecular formula is C28H32O5. The highest BCUT2D eigenvalue weighted by Gasteiger charge is 2.50. The van der Waals surface area contributed by atoms with E-state index < -0.39 is 36.4 Å². The Labute approximate surface area is 195 Å². The van der Waals surface area contributed by atoms with E-state index in [-0.39, 0.29) is 0 Å². The van der Waals surface area contributed by atoms with Gasteiger partial charge in [-0.1, -0.05) is 97.9 Å². The standard InChI is InChI=1S/C28H32O5/c1-20-24(29)26(31-17-21-11-5-2-6-12-21)28(33-19-23-15-9-4-10-16-23)27(25(20)30)32-18-22-13-7-3-8-14-22/h2-16,20,24-30H,17-19H2,1H3/t20?,24-,25?,26?,27?,28?/m1/s1. The minimum Gasteiger partial charge on any atom is -0.390 e. The smallest absolute Gasteiger partial charge is 0.115 e. The minimum atomic E-state index is -0.888. The number of hydrogen-bond acceptors (Lipinski definition) is 5. The highest BCUT2D eigenvalue weighted by atomic mass is 16.6. The van der Waals surface area contributed by atoms with Crippen LogP contribution in [0.3, 0.4) is 0 Å². The van der Waals surface area contributed by atoms with Crippen LogP contribution in [0.4, 0.5) is 0 Å². The maximum Gasteiger partial charge on any atom is 0.115 e. The van der Waals surface area contributed by atoms with Gasteiger partial charge in [0.1, 0.15) is 18.3 Å². The van der Waals surface area contributed by atoms with Crippen molar-refractivity contribution in [2.24, 2.45) is 5.92 Å². The molecule has 1 fully saturated rings. The average Bonchev–Trinajstić information content (AvgIpc) is 2.87. The molecule has 3 aromatic carbocycles. The molecule has 5 unspecified atom stereocenters. The lowest BCUT2D eigenvalue weighted by Crippen LogP contribution is -2.62. The van der Waals surface area contributed by atoms with Crippen LogP contribution in [0, 0.1) is 5.92 Å². The summed E-state index contributed by atoms with van der Waals surface area (Å²) in [7, 11) is 0. The molecule has 0 bridgehead atoms. The van der Waals surface area contributed by atoms with Crippen molar-refractivity contribution in [1.29, 1.82) is 0 Å². The summed E-state index contributed by atoms with van der Waals surface area (Å²) >= 11 is 0. The average molecular weight is 449 g/mol. The van der Waals surface area contributed by atoms with Crippen LogP contribution in [0.1, 0.15) is 23.6 Å². The van der Waals surface area contributed by atoms with Gasteiger partial charge in [-0.05, 0) is 16.7 Å². The van der Waals surface area contributed by atoms with Crippen molar-refractivity contribution < 1.29 is 24.4 Å². The Morgan fingerprint density at radius 1 is 0.515 bits per heavy atom. The minimum absolute atomic E-state index is 0.329. The van der Waals surface area contributed by atoms with Crippen molar-refractivity contribution in [2.75, 3.05) is 0 Å². The molecular weight excluding hydrogens is 416 g/mol. The Hall–Kier alpha value is -2.54. The summed E-state index contributed by atoms with van der Waals surface area (Å²) in [6.07, 6.45) is -3.71. The molecule has 2 N–H and O–H groups in total. The summed E-state index contributed by atoms with van der Waals surface area (Å²) in [6, 6.07) is 29.5. The van der Waals surface area contributed by atoms with Gasteiger partial charge in [0.2, 0.25) is 0 Å². The van der Waals surface area contributed by atoms with E-state index in [1.807, 2.05) is 97.9 Å². The van der Waals surface area contributed by atoms with E-state index in [0.717, 1.165) is 16.7 Å². The largest absolute Gasteiger partial charge is 0.390 e. The first-order valence-electron chi connectivity index (χ1n) is 11.5. The third-order valence-electron chi connectivity index (χ3n) is 6.25. The summed E-state index contributed by atoms with van der Waals surface area (Å²) in [5.74, 6) is -0.428. The maximum atomic E-state index is 11.0. The van der Waals surface area contributed by atoms with E-state index in [9.17, 15) is 10.2 Å². The maximum absolute atomic E-state index is 11.0. The van der Waals surface area contributed by atoms with Gasteiger partial charge in [-0.25, -0.2) is 0 Å². The van der Waals surface area contributed by atoms with Gasteiger partial charge in [0.05, 0.1) is 32.0 Å². The van der Waals surface area contributed by atoms with Gasteiger partial charge in [0, 0.05) is 5.92 Å². The normalized spacial score (nSPS) is 27.4. The first-order valence-corrected chi connectivity index (χ1v) is 11.5. The summed E-state index contributed by atoms with van der Waals surface area (Å²) in [5.41, 5.74) is 3.02. The molecule has 0 aromatic heterocycles. The van der Waals surface area contributed by atoms with Gasteiger partial charge >= 0.3 is 0 Å². The summed E-state index contributed by atoms with van der Waals surface area (Å²) < 4.78 is 18.7. The second-order valence-electron chi connectivity index (χ2n) is 8.62. The molecule has 0 radical (unpaired) electrons. The van der Waals surface area contributed by atoms with Crippen LogP contribution in [-0.4, -0.2) is 40.7 Å². The summed E-state index contributed by atoms with van der Waals surface area (Å²) in [5, 5.41) is 22.1. The van der Waals surface area contributed by atoms with Crippen LogP contribution in [0.25, 0.3) is 0 Å². The first kappa shape index (κ1) is 23.6. The second-order valence-corrected chi connectivity index (χ2v) is 8.62. The quantitative estimate of drug-likeness (QED) is 0.516. The number of aliphatic hydroxyl groups excluding tert-OH is 2. The molecule has 0 amide bonds. The van der Waals surface area contributed by atoms with Crippen molar-refractivity contribution in [2.45, 2.75) is 57.3 Å². The molecule has 4 rings (SSSR count). The molecule has 5 nitrogen and oxygen atoms in total. The van der Waals surface area contributed by atoms with E-state index >= 15 is 0 Å². The van der Waals surface area contributed by atoms with Crippen LogP contribution in [-0.2, 0) is 34.0 Å². The SMILES string of the molecule is CC1C(O)C(OCc2ccccc2)C(OCc2ccccc2)C(OCc2ccccc2)[C@@H]1O. The first-order chi connectivity index (χ1) is 16.1. The molecule has 174 valence electrons. The zero-order chi connectivity index (χ0) is 23.0. The Balaban J connectivity index is 1.54. The highest BCUT2D eigenvalue weighted by molar-refractivity contribution is 5.16. The molecule has 5 heteroatoms. The van der Waals surface area contributed by atoms with Crippen LogP contribution in [0.2, 0.25) is 0 Å². The Bertz CT molecular complexity index is 892. The van der Waals surface area contributed by atoms with E-state index in [2.05, 4.69) is 0 Å². The highest BCUT2D eigenvalue weighted by Crippen LogP contribution is 2.33. The molecule has 3 aromatic rings. The summed E-state index contributed by atoms with van der Waals surface area (Å²) in [4.78, 5) is 0. The molecule has 0 heterocycles. The van der Waals surface area contributed by atoms with Crippen LogP contribution in [0.5, 0.6) is 0 Å². The predicted octanol–water partition coefficient (Wildman–Crippen LogP) is 4.11. The van der Waals surface area contributed by atoms with Crippen molar-refractivity contribution in [3.05, 3.63) is 108 Å². The second kappa shape index (κ2) is 11.5. The number of hydrogen-bond donors (Lipinski definition) is 2. The molecule has 1 aliphatic rings. The predicted molar refractivity (Wildman–Crippen MR) is 126 cm³/mol. The number of ether oxygens (including phenoxy) is 3. The zero-order valence-electron chi connectivity index (χ0n) is 18.9. The molecule has 33 heavy (non-hydrogen) atoms. The van der Waals surface area contributed by atoms with Gasteiger partial charge in [-0.3, -0.25) is 0 Å². The third-order valence-corrected chi connectivity index (χ3v) is 6.25. The van der Waals surface area contributed by atoms with E-state index in [1.165, 1.54) is 0 Å². The van der Waals surface area contributed by atoms with Gasteiger partial charge in [0.25, 0.3) is 0 Å². The molecule has 6 atom stereocenters. The zero-order valence-corrected chi connectivity index (χ0v) is 18.9. The number of benzene rings is 3. The molecule has 1 aliphatic carbocycles. The Kier molecular flexibility index (Phi) is 8.26. The van der Waals surface area contributed by atoms with E-state index in [1.54, 1.807) is 0 Å². The summed E-state index contributed by atoms with van der Waals surface area (Å²) in [6.45, 7) is 2.82. The van der Waals surface area contributed by atoms with E-state index in [4.69, 9.17) is 14.2 Å². The molecule has 0 aliphatic heterocycles. The van der Waals surface area contributed by atoms with Crippen molar-refractivity contribution in [3.63, 3.8) is 0 Å². The monoisotopic (exact) mass is 448 g/mol. The fourth-order valence-electron chi connectivity index (χ4n) is 4.25. The van der Waals surface area contributed by atoms with Crippen molar-refractivity contribution in [1.82, 2.24) is 0 Å². The number of rotatable bonds is 9. The number of aliphatic hydroxyl groups is 2. The van der Waals surface area contributed by atoms with Gasteiger partial charge in [-0.15, -0.1) is 0 Å². The van der Waals surface area contributed by atoms with Crippen molar-refractivity contribution in [3.8, 4) is 0 Å². The molecule has 0 spiro atoms. The Morgan fingerprint density at radius 2 is 0.818 bits per heavy atom. The third kappa shape index (κ3) is 6.08. The lowest BCUT2D eigenvalue weighted by Gasteiger charge is -2.46. The van der Waals surface area contributed by atoms with Gasteiger partial charge in [0.15, 0.2) is 0 Å². The van der Waals surface area contributed by atoms with Crippen molar-refractivity contribution >= 4 is 0 Å². The topological polar surface area (TPSA) is 68.2 Å². The van der Waals surface area contributed by atoms with E-state index in [0.29, 0.717) is 19.8 Å². The fraction of sp³-hybridized carbons (Fsp3) is 0.357. The lowest BCUT2D eigenvalue weighted by molar-refractivity contribution is -0.248. The van der Waals surface area contributed by atoms with Gasteiger partial charge < -0.3 is 24.4 Å². The molecule has 1 saturated carbocycles. The Morgan fingerprint density at radius 3 is 1.15 bits per heavy atom. The van der Waals surface area contributed by atoms with Crippen LogP contribution in [0.15, 0.2) is 91.0 Å². The van der Waals surface area contributed by atoms with Crippen LogP contribution >= 0.6 is 0 Å². The molecule has 0 saturated heterocycles. The lowest BCUT2D eigenvalue weighted by atomic mass is 9.79. The van der Waals surface area contributed by atoms with Gasteiger partial charge in [-0.2, -0.15) is 0 Å².